The van der Waals surface area contributed by atoms with Gasteiger partial charge in [-0.15, -0.1) is 0 Å². The van der Waals surface area contributed by atoms with Crippen LogP contribution >= 0.6 is 0 Å². The SMILES string of the molecule is O=C(O)CCC1CN(C2CCCC2)C1. The molecule has 0 atom stereocenters. The summed E-state index contributed by atoms with van der Waals surface area (Å²) in [6.07, 6.45) is 6.74. The fourth-order valence-electron chi connectivity index (χ4n) is 2.69. The maximum Gasteiger partial charge on any atom is 0.303 e. The van der Waals surface area contributed by atoms with E-state index < -0.39 is 5.97 Å². The molecule has 80 valence electrons. The first-order valence-corrected chi connectivity index (χ1v) is 5.71. The summed E-state index contributed by atoms with van der Waals surface area (Å²) >= 11 is 0. The second-order valence-electron chi connectivity index (χ2n) is 4.69. The van der Waals surface area contributed by atoms with Gasteiger partial charge in [-0.25, -0.2) is 0 Å². The predicted molar refractivity (Wildman–Crippen MR) is 54.2 cm³/mol. The van der Waals surface area contributed by atoms with Crippen molar-refractivity contribution in [2.24, 2.45) is 5.92 Å². The van der Waals surface area contributed by atoms with Crippen molar-refractivity contribution in [2.75, 3.05) is 13.1 Å². The number of carboxylic acid groups (broad SMARTS) is 1. The first-order chi connectivity index (χ1) is 6.75. The molecule has 1 N–H and O–H groups in total. The normalized spacial score (nSPS) is 25.1. The number of hydrogen-bond acceptors (Lipinski definition) is 2. The number of carbonyl (C=O) groups is 1. The number of aliphatic carboxylic acids is 1. The van der Waals surface area contributed by atoms with E-state index in [1.807, 2.05) is 0 Å². The van der Waals surface area contributed by atoms with Crippen LogP contribution in [0.1, 0.15) is 38.5 Å². The van der Waals surface area contributed by atoms with E-state index in [4.69, 9.17) is 5.11 Å². The molecule has 2 fully saturated rings. The molecule has 0 amide bonds. The standard InChI is InChI=1S/C11H19NO2/c13-11(14)6-5-9-7-12(8-9)10-3-1-2-4-10/h9-10H,1-8H2,(H,13,14). The zero-order valence-electron chi connectivity index (χ0n) is 8.61. The number of carboxylic acids is 1. The summed E-state index contributed by atoms with van der Waals surface area (Å²) in [5, 5.41) is 8.55. The van der Waals surface area contributed by atoms with Crippen molar-refractivity contribution in [3.8, 4) is 0 Å². The Bertz CT molecular complexity index is 205. The van der Waals surface area contributed by atoms with Crippen molar-refractivity contribution in [2.45, 2.75) is 44.6 Å². The van der Waals surface area contributed by atoms with Gasteiger partial charge in [0.1, 0.15) is 0 Å². The lowest BCUT2D eigenvalue weighted by molar-refractivity contribution is -0.137. The fourth-order valence-corrected chi connectivity index (χ4v) is 2.69. The van der Waals surface area contributed by atoms with Crippen molar-refractivity contribution in [3.05, 3.63) is 0 Å². The third kappa shape index (κ3) is 2.27. The van der Waals surface area contributed by atoms with Crippen LogP contribution in [0.2, 0.25) is 0 Å². The van der Waals surface area contributed by atoms with Crippen LogP contribution in [-0.2, 0) is 4.79 Å². The van der Waals surface area contributed by atoms with E-state index in [9.17, 15) is 4.79 Å². The Morgan fingerprint density at radius 2 is 1.93 bits per heavy atom. The molecule has 1 aliphatic heterocycles. The van der Waals surface area contributed by atoms with Crippen LogP contribution in [0.5, 0.6) is 0 Å². The summed E-state index contributed by atoms with van der Waals surface area (Å²) in [5.74, 6) is 0.0102. The summed E-state index contributed by atoms with van der Waals surface area (Å²) < 4.78 is 0. The van der Waals surface area contributed by atoms with Gasteiger partial charge in [0.15, 0.2) is 0 Å². The Kier molecular flexibility index (Phi) is 3.06. The highest BCUT2D eigenvalue weighted by Gasteiger charge is 2.33. The minimum atomic E-state index is -0.649. The van der Waals surface area contributed by atoms with Crippen LogP contribution in [0.15, 0.2) is 0 Å². The summed E-state index contributed by atoms with van der Waals surface area (Å²) in [6, 6.07) is 0.830. The lowest BCUT2D eigenvalue weighted by Gasteiger charge is -2.43. The number of hydrogen-bond donors (Lipinski definition) is 1. The van der Waals surface area contributed by atoms with Gasteiger partial charge in [-0.05, 0) is 25.2 Å². The molecule has 0 spiro atoms. The average Bonchev–Trinajstić information content (AvgIpc) is 2.53. The van der Waals surface area contributed by atoms with Gasteiger partial charge in [-0.3, -0.25) is 9.69 Å². The molecular weight excluding hydrogens is 178 g/mol. The molecule has 0 radical (unpaired) electrons. The van der Waals surface area contributed by atoms with Crippen LogP contribution in [0, 0.1) is 5.92 Å². The van der Waals surface area contributed by atoms with Crippen LogP contribution < -0.4 is 0 Å². The van der Waals surface area contributed by atoms with E-state index in [2.05, 4.69) is 4.90 Å². The zero-order valence-corrected chi connectivity index (χ0v) is 8.61. The molecule has 0 aromatic heterocycles. The molecule has 0 bridgehead atoms. The minimum absolute atomic E-state index is 0.350. The van der Waals surface area contributed by atoms with Crippen molar-refractivity contribution in [3.63, 3.8) is 0 Å². The maximum absolute atomic E-state index is 10.4. The molecule has 3 nitrogen and oxygen atoms in total. The molecule has 1 heterocycles. The van der Waals surface area contributed by atoms with Crippen molar-refractivity contribution < 1.29 is 9.90 Å². The van der Waals surface area contributed by atoms with Gasteiger partial charge in [0.05, 0.1) is 0 Å². The molecule has 0 aromatic rings. The van der Waals surface area contributed by atoms with Crippen molar-refractivity contribution in [1.82, 2.24) is 4.90 Å². The monoisotopic (exact) mass is 197 g/mol. The van der Waals surface area contributed by atoms with Gasteiger partial charge in [0.25, 0.3) is 0 Å². The van der Waals surface area contributed by atoms with E-state index >= 15 is 0 Å². The summed E-state index contributed by atoms with van der Waals surface area (Å²) in [6.45, 7) is 2.30. The van der Waals surface area contributed by atoms with E-state index in [0.717, 1.165) is 25.6 Å². The average molecular weight is 197 g/mol. The quantitative estimate of drug-likeness (QED) is 0.746. The molecule has 1 aliphatic carbocycles. The largest absolute Gasteiger partial charge is 0.481 e. The second-order valence-corrected chi connectivity index (χ2v) is 4.69. The van der Waals surface area contributed by atoms with E-state index in [1.54, 1.807) is 0 Å². The molecule has 2 aliphatic rings. The van der Waals surface area contributed by atoms with Gasteiger partial charge >= 0.3 is 5.97 Å². The van der Waals surface area contributed by atoms with Gasteiger partial charge in [0.2, 0.25) is 0 Å². The van der Waals surface area contributed by atoms with Crippen LogP contribution in [0.25, 0.3) is 0 Å². The maximum atomic E-state index is 10.4. The van der Waals surface area contributed by atoms with Gasteiger partial charge < -0.3 is 5.11 Å². The zero-order chi connectivity index (χ0) is 9.97. The Labute approximate surface area is 85.1 Å². The van der Waals surface area contributed by atoms with Crippen LogP contribution in [-0.4, -0.2) is 35.1 Å². The highest BCUT2D eigenvalue weighted by molar-refractivity contribution is 5.66. The molecular formula is C11H19NO2. The summed E-state index contributed by atoms with van der Waals surface area (Å²) in [5.41, 5.74) is 0. The van der Waals surface area contributed by atoms with E-state index in [0.29, 0.717) is 12.3 Å². The Morgan fingerprint density at radius 3 is 2.50 bits per heavy atom. The van der Waals surface area contributed by atoms with E-state index in [-0.39, 0.29) is 0 Å². The lowest BCUT2D eigenvalue weighted by Crippen LogP contribution is -2.51. The molecule has 2 rings (SSSR count). The Balaban J connectivity index is 1.61. The molecule has 0 aromatic carbocycles. The number of likely N-dealkylation sites (tertiary alicyclic amines) is 1. The third-order valence-corrected chi connectivity index (χ3v) is 3.59. The first-order valence-electron chi connectivity index (χ1n) is 5.71. The highest BCUT2D eigenvalue weighted by Crippen LogP contribution is 2.30. The first kappa shape index (κ1) is 9.97. The molecule has 3 heteroatoms. The van der Waals surface area contributed by atoms with Crippen molar-refractivity contribution in [1.29, 1.82) is 0 Å². The minimum Gasteiger partial charge on any atom is -0.481 e. The van der Waals surface area contributed by atoms with Gasteiger partial charge in [0, 0.05) is 25.6 Å². The second kappa shape index (κ2) is 4.30. The summed E-state index contributed by atoms with van der Waals surface area (Å²) in [7, 11) is 0. The fraction of sp³-hybridized carbons (Fsp3) is 0.909. The van der Waals surface area contributed by atoms with Gasteiger partial charge in [-0.2, -0.15) is 0 Å². The molecule has 14 heavy (non-hydrogen) atoms. The number of nitrogens with zero attached hydrogens (tertiary/aromatic N) is 1. The summed E-state index contributed by atoms with van der Waals surface area (Å²) in [4.78, 5) is 12.9. The molecule has 1 saturated carbocycles. The number of rotatable bonds is 4. The third-order valence-electron chi connectivity index (χ3n) is 3.59. The Hall–Kier alpha value is -0.570. The van der Waals surface area contributed by atoms with Gasteiger partial charge in [-0.1, -0.05) is 12.8 Å². The van der Waals surface area contributed by atoms with E-state index in [1.165, 1.54) is 25.7 Å². The Morgan fingerprint density at radius 1 is 1.29 bits per heavy atom. The van der Waals surface area contributed by atoms with Crippen LogP contribution in [0.4, 0.5) is 0 Å². The van der Waals surface area contributed by atoms with Crippen molar-refractivity contribution >= 4 is 5.97 Å². The lowest BCUT2D eigenvalue weighted by atomic mass is 9.92. The van der Waals surface area contributed by atoms with Crippen LogP contribution in [0.3, 0.4) is 0 Å². The molecule has 1 saturated heterocycles. The topological polar surface area (TPSA) is 40.5 Å². The molecule has 0 unspecified atom stereocenters. The highest BCUT2D eigenvalue weighted by atomic mass is 16.4. The predicted octanol–water partition coefficient (Wildman–Crippen LogP) is 1.73. The smallest absolute Gasteiger partial charge is 0.303 e.